The van der Waals surface area contributed by atoms with Crippen molar-refractivity contribution < 1.29 is 14.7 Å². The molecule has 5 heteroatoms. The van der Waals surface area contributed by atoms with Gasteiger partial charge in [-0.15, -0.1) is 0 Å². The molecule has 0 aliphatic carbocycles. The number of carbonyl (C=O) groups excluding carboxylic acids is 1. The SMILES string of the molecule is CCC1(CC)CCN(C(=O)NCCCC(=O)O)C1. The topological polar surface area (TPSA) is 69.6 Å². The predicted octanol–water partition coefficient (Wildman–Crippen LogP) is 2.07. The van der Waals surface area contributed by atoms with Crippen LogP contribution in [0.15, 0.2) is 0 Å². The Kier molecular flexibility index (Phi) is 5.44. The molecule has 0 unspecified atom stereocenters. The van der Waals surface area contributed by atoms with Crippen LogP contribution in [0.25, 0.3) is 0 Å². The van der Waals surface area contributed by atoms with Gasteiger partial charge in [-0.25, -0.2) is 4.79 Å². The van der Waals surface area contributed by atoms with Crippen LogP contribution < -0.4 is 5.32 Å². The Morgan fingerprint density at radius 1 is 1.33 bits per heavy atom. The molecule has 1 aliphatic rings. The van der Waals surface area contributed by atoms with Gasteiger partial charge in [0.05, 0.1) is 0 Å². The molecule has 1 saturated heterocycles. The predicted molar refractivity (Wildman–Crippen MR) is 69.5 cm³/mol. The highest BCUT2D eigenvalue weighted by Gasteiger charge is 2.36. The van der Waals surface area contributed by atoms with Crippen molar-refractivity contribution in [3.05, 3.63) is 0 Å². The number of nitrogens with zero attached hydrogens (tertiary/aromatic N) is 1. The number of amides is 2. The summed E-state index contributed by atoms with van der Waals surface area (Å²) in [6, 6.07) is -0.0517. The van der Waals surface area contributed by atoms with E-state index in [0.717, 1.165) is 32.4 Å². The first kappa shape index (κ1) is 14.8. The lowest BCUT2D eigenvalue weighted by atomic mass is 9.82. The maximum atomic E-state index is 11.9. The van der Waals surface area contributed by atoms with E-state index in [0.29, 0.717) is 18.4 Å². The lowest BCUT2D eigenvalue weighted by Gasteiger charge is -2.26. The molecule has 0 atom stereocenters. The van der Waals surface area contributed by atoms with Crippen molar-refractivity contribution in [3.8, 4) is 0 Å². The third-order valence-electron chi connectivity index (χ3n) is 4.07. The lowest BCUT2D eigenvalue weighted by molar-refractivity contribution is -0.137. The average Bonchev–Trinajstić information content (AvgIpc) is 2.79. The molecular weight excluding hydrogens is 232 g/mol. The fourth-order valence-corrected chi connectivity index (χ4v) is 2.48. The van der Waals surface area contributed by atoms with Crippen LogP contribution in [0.5, 0.6) is 0 Å². The lowest BCUT2D eigenvalue weighted by Crippen LogP contribution is -2.40. The maximum Gasteiger partial charge on any atom is 0.317 e. The summed E-state index contributed by atoms with van der Waals surface area (Å²) in [5, 5.41) is 11.3. The van der Waals surface area contributed by atoms with E-state index in [-0.39, 0.29) is 12.5 Å². The summed E-state index contributed by atoms with van der Waals surface area (Å²) in [6.45, 7) is 6.43. The monoisotopic (exact) mass is 256 g/mol. The first-order chi connectivity index (χ1) is 8.53. The Morgan fingerprint density at radius 3 is 2.50 bits per heavy atom. The van der Waals surface area contributed by atoms with Crippen LogP contribution in [0.4, 0.5) is 4.79 Å². The zero-order chi connectivity index (χ0) is 13.6. The highest BCUT2D eigenvalue weighted by molar-refractivity contribution is 5.74. The molecule has 0 bridgehead atoms. The zero-order valence-corrected chi connectivity index (χ0v) is 11.4. The van der Waals surface area contributed by atoms with E-state index < -0.39 is 5.97 Å². The van der Waals surface area contributed by atoms with E-state index in [9.17, 15) is 9.59 Å². The van der Waals surface area contributed by atoms with Crippen molar-refractivity contribution in [2.24, 2.45) is 5.41 Å². The van der Waals surface area contributed by atoms with Crippen molar-refractivity contribution in [1.82, 2.24) is 10.2 Å². The van der Waals surface area contributed by atoms with Gasteiger partial charge in [0.15, 0.2) is 0 Å². The quantitative estimate of drug-likeness (QED) is 0.715. The van der Waals surface area contributed by atoms with Gasteiger partial charge in [-0.05, 0) is 31.1 Å². The molecule has 0 aromatic rings. The molecule has 1 heterocycles. The Balaban J connectivity index is 2.29. The highest BCUT2D eigenvalue weighted by atomic mass is 16.4. The van der Waals surface area contributed by atoms with E-state index in [4.69, 9.17) is 5.11 Å². The molecule has 1 aliphatic heterocycles. The summed E-state index contributed by atoms with van der Waals surface area (Å²) >= 11 is 0. The number of carboxylic acid groups (broad SMARTS) is 1. The molecule has 0 aromatic heterocycles. The molecule has 18 heavy (non-hydrogen) atoms. The standard InChI is InChI=1S/C13H24N2O3/c1-3-13(4-2)7-9-15(10-13)12(18)14-8-5-6-11(16)17/h3-10H2,1-2H3,(H,14,18)(H,16,17). The molecule has 1 rings (SSSR count). The fraction of sp³-hybridized carbons (Fsp3) is 0.846. The van der Waals surface area contributed by atoms with Gasteiger partial charge in [-0.1, -0.05) is 13.8 Å². The third kappa shape index (κ3) is 3.89. The second-order valence-electron chi connectivity index (χ2n) is 5.11. The maximum absolute atomic E-state index is 11.9. The molecule has 0 spiro atoms. The largest absolute Gasteiger partial charge is 0.481 e. The average molecular weight is 256 g/mol. The number of carboxylic acids is 1. The highest BCUT2D eigenvalue weighted by Crippen LogP contribution is 2.36. The minimum atomic E-state index is -0.818. The Labute approximate surface area is 109 Å². The van der Waals surface area contributed by atoms with Gasteiger partial charge in [0, 0.05) is 26.1 Å². The molecule has 104 valence electrons. The van der Waals surface area contributed by atoms with Crippen molar-refractivity contribution in [3.63, 3.8) is 0 Å². The van der Waals surface area contributed by atoms with E-state index in [1.807, 2.05) is 4.90 Å². The van der Waals surface area contributed by atoms with Gasteiger partial charge in [0.1, 0.15) is 0 Å². The Bertz CT molecular complexity index is 301. The number of urea groups is 1. The summed E-state index contributed by atoms with van der Waals surface area (Å²) in [4.78, 5) is 24.1. The Hall–Kier alpha value is -1.26. The van der Waals surface area contributed by atoms with Crippen LogP contribution >= 0.6 is 0 Å². The van der Waals surface area contributed by atoms with Gasteiger partial charge < -0.3 is 15.3 Å². The number of carbonyl (C=O) groups is 2. The zero-order valence-electron chi connectivity index (χ0n) is 11.4. The molecule has 2 N–H and O–H groups in total. The van der Waals surface area contributed by atoms with Gasteiger partial charge >= 0.3 is 12.0 Å². The van der Waals surface area contributed by atoms with Gasteiger partial charge in [0.25, 0.3) is 0 Å². The summed E-state index contributed by atoms with van der Waals surface area (Å²) in [7, 11) is 0. The smallest absolute Gasteiger partial charge is 0.317 e. The second-order valence-corrected chi connectivity index (χ2v) is 5.11. The van der Waals surface area contributed by atoms with Crippen LogP contribution in [0.1, 0.15) is 46.0 Å². The summed E-state index contributed by atoms with van der Waals surface area (Å²) in [5.74, 6) is -0.818. The number of hydrogen-bond donors (Lipinski definition) is 2. The summed E-state index contributed by atoms with van der Waals surface area (Å²) < 4.78 is 0. The molecule has 0 saturated carbocycles. The third-order valence-corrected chi connectivity index (χ3v) is 4.07. The molecule has 1 fully saturated rings. The Morgan fingerprint density at radius 2 is 2.00 bits per heavy atom. The van der Waals surface area contributed by atoms with Crippen LogP contribution in [0.3, 0.4) is 0 Å². The van der Waals surface area contributed by atoms with Gasteiger partial charge in [0.2, 0.25) is 0 Å². The minimum Gasteiger partial charge on any atom is -0.481 e. The van der Waals surface area contributed by atoms with Crippen LogP contribution in [0.2, 0.25) is 0 Å². The van der Waals surface area contributed by atoms with Crippen molar-refractivity contribution in [2.75, 3.05) is 19.6 Å². The van der Waals surface area contributed by atoms with Crippen LogP contribution in [-0.4, -0.2) is 41.6 Å². The number of hydrogen-bond acceptors (Lipinski definition) is 2. The summed E-state index contributed by atoms with van der Waals surface area (Å²) in [6.07, 6.45) is 3.87. The van der Waals surface area contributed by atoms with Crippen molar-refractivity contribution in [1.29, 1.82) is 0 Å². The number of nitrogens with one attached hydrogen (secondary N) is 1. The number of rotatable bonds is 6. The fourth-order valence-electron chi connectivity index (χ4n) is 2.48. The first-order valence-corrected chi connectivity index (χ1v) is 6.77. The van der Waals surface area contributed by atoms with E-state index >= 15 is 0 Å². The molecular formula is C13H24N2O3. The van der Waals surface area contributed by atoms with Crippen molar-refractivity contribution in [2.45, 2.75) is 46.0 Å². The van der Waals surface area contributed by atoms with E-state index in [1.54, 1.807) is 0 Å². The summed E-state index contributed by atoms with van der Waals surface area (Å²) in [5.41, 5.74) is 0.290. The molecule has 5 nitrogen and oxygen atoms in total. The number of likely N-dealkylation sites (tertiary alicyclic amines) is 1. The van der Waals surface area contributed by atoms with Gasteiger partial charge in [-0.3, -0.25) is 4.79 Å². The molecule has 2 amide bonds. The van der Waals surface area contributed by atoms with Gasteiger partial charge in [-0.2, -0.15) is 0 Å². The van der Waals surface area contributed by atoms with Crippen LogP contribution in [0, 0.1) is 5.41 Å². The van der Waals surface area contributed by atoms with Crippen LogP contribution in [-0.2, 0) is 4.79 Å². The van der Waals surface area contributed by atoms with E-state index in [2.05, 4.69) is 19.2 Å². The molecule has 0 aromatic carbocycles. The normalized spacial score (nSPS) is 17.8. The number of aliphatic carboxylic acids is 1. The minimum absolute atomic E-state index is 0.0517. The van der Waals surface area contributed by atoms with E-state index in [1.165, 1.54) is 0 Å². The van der Waals surface area contributed by atoms with Crippen molar-refractivity contribution >= 4 is 12.0 Å². The second kappa shape index (κ2) is 6.61. The molecule has 0 radical (unpaired) electrons. The first-order valence-electron chi connectivity index (χ1n) is 6.77.